The molecular weight excluding hydrogens is 384 g/mol. The van der Waals surface area contributed by atoms with E-state index in [-0.39, 0.29) is 11.8 Å². The van der Waals surface area contributed by atoms with Crippen molar-refractivity contribution in [1.82, 2.24) is 0 Å². The van der Waals surface area contributed by atoms with Crippen molar-refractivity contribution >= 4 is 40.6 Å². The van der Waals surface area contributed by atoms with Crippen LogP contribution in [-0.2, 0) is 9.59 Å². The summed E-state index contributed by atoms with van der Waals surface area (Å²) in [6, 6.07) is 13.2. The number of hydrogen-bond donors (Lipinski definition) is 2. The van der Waals surface area contributed by atoms with Gasteiger partial charge in [-0.3, -0.25) is 9.59 Å². The van der Waals surface area contributed by atoms with Gasteiger partial charge in [-0.15, -0.1) is 0 Å². The van der Waals surface area contributed by atoms with Gasteiger partial charge in [0.15, 0.2) is 0 Å². The lowest BCUT2D eigenvalue weighted by atomic mass is 10.2. The normalized spacial score (nSPS) is 15.0. The van der Waals surface area contributed by atoms with Crippen molar-refractivity contribution in [3.8, 4) is 0 Å². The standard InChI is InChI=1S/C20H21F2N3O2S/c1-13(19(27)24-15-6-10-17(11-7-15)28-20(21)22)23-14-4-8-16(9-5-14)25-12-2-3-18(25)26/h4-11,13,20,23H,2-3,12H2,1H3,(H,24,27)/t13-/m0/s1. The highest BCUT2D eigenvalue weighted by atomic mass is 32.2. The molecule has 0 saturated carbocycles. The first-order chi connectivity index (χ1) is 13.4. The first-order valence-electron chi connectivity index (χ1n) is 8.95. The largest absolute Gasteiger partial charge is 0.374 e. The topological polar surface area (TPSA) is 61.4 Å². The van der Waals surface area contributed by atoms with Crippen LogP contribution in [0.5, 0.6) is 0 Å². The van der Waals surface area contributed by atoms with Crippen LogP contribution in [-0.4, -0.2) is 30.2 Å². The van der Waals surface area contributed by atoms with E-state index in [1.54, 1.807) is 36.1 Å². The number of carbonyl (C=O) groups excluding carboxylic acids is 2. The first kappa shape index (κ1) is 20.1. The van der Waals surface area contributed by atoms with Gasteiger partial charge in [0, 0.05) is 34.9 Å². The van der Waals surface area contributed by atoms with Crippen molar-refractivity contribution in [2.75, 3.05) is 22.1 Å². The van der Waals surface area contributed by atoms with Crippen LogP contribution >= 0.6 is 11.8 Å². The van der Waals surface area contributed by atoms with Crippen LogP contribution in [0.1, 0.15) is 19.8 Å². The van der Waals surface area contributed by atoms with Crippen LogP contribution in [0.3, 0.4) is 0 Å². The lowest BCUT2D eigenvalue weighted by molar-refractivity contribution is -0.117. The zero-order valence-corrected chi connectivity index (χ0v) is 16.1. The lowest BCUT2D eigenvalue weighted by Crippen LogP contribution is -2.31. The van der Waals surface area contributed by atoms with Crippen LogP contribution < -0.4 is 15.5 Å². The number of rotatable bonds is 7. The minimum absolute atomic E-state index is 0.131. The fourth-order valence-corrected chi connectivity index (χ4v) is 3.44. The number of nitrogens with zero attached hydrogens (tertiary/aromatic N) is 1. The van der Waals surface area contributed by atoms with Crippen molar-refractivity contribution in [3.05, 3.63) is 48.5 Å². The predicted octanol–water partition coefficient (Wildman–Crippen LogP) is 4.57. The van der Waals surface area contributed by atoms with E-state index in [0.29, 0.717) is 28.8 Å². The number of benzene rings is 2. The van der Waals surface area contributed by atoms with Crippen molar-refractivity contribution < 1.29 is 18.4 Å². The molecule has 1 heterocycles. The first-order valence-corrected chi connectivity index (χ1v) is 9.83. The maximum Gasteiger partial charge on any atom is 0.288 e. The Hall–Kier alpha value is -2.61. The molecule has 2 aromatic carbocycles. The van der Waals surface area contributed by atoms with E-state index in [4.69, 9.17) is 0 Å². The Balaban J connectivity index is 1.54. The summed E-state index contributed by atoms with van der Waals surface area (Å²) in [4.78, 5) is 26.3. The Bertz CT molecular complexity index is 828. The summed E-state index contributed by atoms with van der Waals surface area (Å²) in [5.74, 6) is -2.58. The van der Waals surface area contributed by atoms with Gasteiger partial charge in [0.1, 0.15) is 6.04 Å². The summed E-state index contributed by atoms with van der Waals surface area (Å²) < 4.78 is 24.7. The van der Waals surface area contributed by atoms with E-state index in [0.717, 1.165) is 24.3 Å². The highest BCUT2D eigenvalue weighted by molar-refractivity contribution is 7.99. The second kappa shape index (κ2) is 9.05. The molecule has 0 radical (unpaired) electrons. The fourth-order valence-electron chi connectivity index (χ4n) is 2.94. The molecule has 1 aliphatic heterocycles. The monoisotopic (exact) mass is 405 g/mol. The fraction of sp³-hybridized carbons (Fsp3) is 0.300. The van der Waals surface area contributed by atoms with E-state index in [9.17, 15) is 18.4 Å². The number of thioether (sulfide) groups is 1. The molecule has 2 amide bonds. The Labute approximate surface area is 166 Å². The van der Waals surface area contributed by atoms with Gasteiger partial charge in [-0.2, -0.15) is 8.78 Å². The summed E-state index contributed by atoms with van der Waals surface area (Å²) in [6.45, 7) is 2.47. The quantitative estimate of drug-likeness (QED) is 0.663. The maximum atomic E-state index is 12.3. The highest BCUT2D eigenvalue weighted by Crippen LogP contribution is 2.26. The average molecular weight is 405 g/mol. The van der Waals surface area contributed by atoms with Crippen LogP contribution in [0.2, 0.25) is 0 Å². The summed E-state index contributed by atoms with van der Waals surface area (Å²) >= 11 is 0.461. The molecule has 2 aromatic rings. The molecule has 1 atom stereocenters. The second-order valence-corrected chi connectivity index (χ2v) is 7.52. The van der Waals surface area contributed by atoms with Gasteiger partial charge in [-0.25, -0.2) is 0 Å². The number of carbonyl (C=O) groups is 2. The molecule has 3 rings (SSSR count). The molecule has 0 aliphatic carbocycles. The van der Waals surface area contributed by atoms with Crippen LogP contribution in [0.15, 0.2) is 53.4 Å². The number of hydrogen-bond acceptors (Lipinski definition) is 4. The predicted molar refractivity (Wildman–Crippen MR) is 108 cm³/mol. The summed E-state index contributed by atoms with van der Waals surface area (Å²) in [7, 11) is 0. The third-order valence-electron chi connectivity index (χ3n) is 4.38. The molecule has 0 unspecified atom stereocenters. The molecule has 0 bridgehead atoms. The van der Waals surface area contributed by atoms with Gasteiger partial charge < -0.3 is 15.5 Å². The maximum absolute atomic E-state index is 12.3. The smallest absolute Gasteiger partial charge is 0.288 e. The number of halogens is 2. The third kappa shape index (κ3) is 5.22. The van der Waals surface area contributed by atoms with Gasteiger partial charge in [0.2, 0.25) is 11.8 Å². The highest BCUT2D eigenvalue weighted by Gasteiger charge is 2.21. The molecule has 8 heteroatoms. The molecule has 1 saturated heterocycles. The molecular formula is C20H21F2N3O2S. The number of alkyl halides is 2. The van der Waals surface area contributed by atoms with E-state index in [1.165, 1.54) is 0 Å². The number of amides is 2. The summed E-state index contributed by atoms with van der Waals surface area (Å²) in [6.07, 6.45) is 1.46. The molecule has 0 aromatic heterocycles. The van der Waals surface area contributed by atoms with Gasteiger partial charge >= 0.3 is 0 Å². The summed E-state index contributed by atoms with van der Waals surface area (Å²) in [5.41, 5.74) is 2.16. The van der Waals surface area contributed by atoms with E-state index < -0.39 is 11.8 Å². The zero-order chi connectivity index (χ0) is 20.1. The Morgan fingerprint density at radius 3 is 2.29 bits per heavy atom. The minimum Gasteiger partial charge on any atom is -0.374 e. The van der Waals surface area contributed by atoms with Gasteiger partial charge in [-0.1, -0.05) is 11.8 Å². The van der Waals surface area contributed by atoms with Gasteiger partial charge in [0.25, 0.3) is 5.76 Å². The molecule has 2 N–H and O–H groups in total. The third-order valence-corrected chi connectivity index (χ3v) is 5.10. The van der Waals surface area contributed by atoms with Crippen LogP contribution in [0.4, 0.5) is 25.8 Å². The molecule has 0 spiro atoms. The van der Waals surface area contributed by atoms with Gasteiger partial charge in [-0.05, 0) is 61.9 Å². The molecule has 1 aliphatic rings. The molecule has 1 fully saturated rings. The molecule has 28 heavy (non-hydrogen) atoms. The molecule has 5 nitrogen and oxygen atoms in total. The van der Waals surface area contributed by atoms with E-state index in [1.807, 2.05) is 24.3 Å². The molecule has 148 valence electrons. The lowest BCUT2D eigenvalue weighted by Gasteiger charge is -2.18. The number of anilines is 3. The van der Waals surface area contributed by atoms with Crippen molar-refractivity contribution in [3.63, 3.8) is 0 Å². The Kier molecular flexibility index (Phi) is 6.51. The van der Waals surface area contributed by atoms with Crippen molar-refractivity contribution in [2.24, 2.45) is 0 Å². The average Bonchev–Trinajstić information content (AvgIpc) is 3.09. The van der Waals surface area contributed by atoms with E-state index in [2.05, 4.69) is 10.6 Å². The van der Waals surface area contributed by atoms with E-state index >= 15 is 0 Å². The van der Waals surface area contributed by atoms with Crippen LogP contribution in [0.25, 0.3) is 0 Å². The second-order valence-electron chi connectivity index (χ2n) is 6.45. The zero-order valence-electron chi connectivity index (χ0n) is 15.3. The van der Waals surface area contributed by atoms with Crippen LogP contribution in [0, 0.1) is 0 Å². The number of nitrogens with one attached hydrogen (secondary N) is 2. The van der Waals surface area contributed by atoms with Crippen molar-refractivity contribution in [1.29, 1.82) is 0 Å². The van der Waals surface area contributed by atoms with Crippen molar-refractivity contribution in [2.45, 2.75) is 36.5 Å². The summed E-state index contributed by atoms with van der Waals surface area (Å²) in [5, 5.41) is 5.86. The SMILES string of the molecule is C[C@H](Nc1ccc(N2CCCC2=O)cc1)C(=O)Nc1ccc(SC(F)F)cc1. The minimum atomic E-state index is -2.47. The Morgan fingerprint density at radius 2 is 1.71 bits per heavy atom. The Morgan fingerprint density at radius 1 is 1.07 bits per heavy atom. The van der Waals surface area contributed by atoms with Gasteiger partial charge in [0.05, 0.1) is 0 Å².